The van der Waals surface area contributed by atoms with E-state index in [2.05, 4.69) is 20.9 Å². The van der Waals surface area contributed by atoms with Crippen molar-refractivity contribution in [3.8, 4) is 0 Å². The van der Waals surface area contributed by atoms with E-state index >= 15 is 0 Å². The molecule has 0 aromatic heterocycles. The van der Waals surface area contributed by atoms with Crippen LogP contribution in [0.15, 0.2) is 39.8 Å². The van der Waals surface area contributed by atoms with Gasteiger partial charge in [-0.05, 0) is 17.7 Å². The average Bonchev–Trinajstić information content (AvgIpc) is 2.12. The maximum Gasteiger partial charge on any atom is 0.186 e. The minimum Gasteiger partial charge on any atom is -0.370 e. The minimum absolute atomic E-state index is 0.115. The van der Waals surface area contributed by atoms with Gasteiger partial charge < -0.3 is 11.5 Å². The monoisotopic (exact) mass is 253 g/mol. The SMILES string of the molecule is NC(N)=NCC=Cc1cccc(Br)c1. The molecule has 4 heteroatoms. The third kappa shape index (κ3) is 4.09. The molecule has 0 heterocycles. The Morgan fingerprint density at radius 3 is 2.86 bits per heavy atom. The first kappa shape index (κ1) is 10.8. The van der Waals surface area contributed by atoms with E-state index in [1.54, 1.807) is 0 Å². The van der Waals surface area contributed by atoms with E-state index in [-0.39, 0.29) is 5.96 Å². The molecule has 0 aliphatic rings. The Labute approximate surface area is 91.6 Å². The van der Waals surface area contributed by atoms with Crippen molar-refractivity contribution in [1.29, 1.82) is 0 Å². The average molecular weight is 254 g/mol. The van der Waals surface area contributed by atoms with E-state index in [0.29, 0.717) is 6.54 Å². The van der Waals surface area contributed by atoms with Crippen molar-refractivity contribution < 1.29 is 0 Å². The Morgan fingerprint density at radius 2 is 2.21 bits per heavy atom. The van der Waals surface area contributed by atoms with E-state index < -0.39 is 0 Å². The molecule has 0 saturated heterocycles. The van der Waals surface area contributed by atoms with Crippen molar-refractivity contribution in [3.05, 3.63) is 40.4 Å². The second-order valence-electron chi connectivity index (χ2n) is 2.72. The molecule has 1 aromatic carbocycles. The van der Waals surface area contributed by atoms with E-state index in [4.69, 9.17) is 11.5 Å². The van der Waals surface area contributed by atoms with Gasteiger partial charge in [-0.1, -0.05) is 40.2 Å². The molecule has 1 rings (SSSR count). The molecule has 14 heavy (non-hydrogen) atoms. The van der Waals surface area contributed by atoms with Gasteiger partial charge in [0.2, 0.25) is 0 Å². The fourth-order valence-electron chi connectivity index (χ4n) is 0.957. The van der Waals surface area contributed by atoms with E-state index in [0.717, 1.165) is 10.0 Å². The predicted molar refractivity (Wildman–Crippen MR) is 63.9 cm³/mol. The molecule has 0 aliphatic carbocycles. The van der Waals surface area contributed by atoms with Gasteiger partial charge in [-0.25, -0.2) is 4.99 Å². The number of nitrogens with two attached hydrogens (primary N) is 2. The molecular weight excluding hydrogens is 242 g/mol. The summed E-state index contributed by atoms with van der Waals surface area (Å²) in [6.45, 7) is 0.509. The number of hydrogen-bond acceptors (Lipinski definition) is 1. The molecule has 0 radical (unpaired) electrons. The summed E-state index contributed by atoms with van der Waals surface area (Å²) in [6, 6.07) is 7.99. The Bertz CT molecular complexity index is 354. The van der Waals surface area contributed by atoms with Gasteiger partial charge in [0.25, 0.3) is 0 Å². The van der Waals surface area contributed by atoms with E-state index in [1.165, 1.54) is 0 Å². The fourth-order valence-corrected chi connectivity index (χ4v) is 1.37. The summed E-state index contributed by atoms with van der Waals surface area (Å²) in [6.07, 6.45) is 3.87. The number of guanidine groups is 1. The molecule has 3 nitrogen and oxygen atoms in total. The molecule has 1 aromatic rings. The van der Waals surface area contributed by atoms with Crippen molar-refractivity contribution >= 4 is 28.0 Å². The highest BCUT2D eigenvalue weighted by atomic mass is 79.9. The normalized spacial score (nSPS) is 10.4. The summed E-state index contributed by atoms with van der Waals surface area (Å²) < 4.78 is 1.06. The first-order valence-corrected chi connectivity index (χ1v) is 4.95. The second-order valence-corrected chi connectivity index (χ2v) is 3.64. The van der Waals surface area contributed by atoms with Crippen LogP contribution in [0, 0.1) is 0 Å². The lowest BCUT2D eigenvalue weighted by molar-refractivity contribution is 1.22. The third-order valence-electron chi connectivity index (χ3n) is 1.54. The van der Waals surface area contributed by atoms with Gasteiger partial charge in [0.15, 0.2) is 5.96 Å². The maximum absolute atomic E-state index is 5.18. The topological polar surface area (TPSA) is 64.4 Å². The van der Waals surface area contributed by atoms with Gasteiger partial charge in [-0.3, -0.25) is 0 Å². The predicted octanol–water partition coefficient (Wildman–Crippen LogP) is 1.74. The molecule has 0 bridgehead atoms. The molecule has 4 N–H and O–H groups in total. The summed E-state index contributed by atoms with van der Waals surface area (Å²) in [5.41, 5.74) is 11.5. The highest BCUT2D eigenvalue weighted by molar-refractivity contribution is 9.10. The van der Waals surface area contributed by atoms with Crippen LogP contribution in [0.25, 0.3) is 6.08 Å². The third-order valence-corrected chi connectivity index (χ3v) is 2.03. The molecule has 0 unspecified atom stereocenters. The molecule has 0 atom stereocenters. The summed E-state index contributed by atoms with van der Waals surface area (Å²) in [5.74, 6) is 0.115. The van der Waals surface area contributed by atoms with Gasteiger partial charge >= 0.3 is 0 Å². The highest BCUT2D eigenvalue weighted by Crippen LogP contribution is 2.12. The van der Waals surface area contributed by atoms with Crippen LogP contribution in [0.3, 0.4) is 0 Å². The van der Waals surface area contributed by atoms with Crippen LogP contribution >= 0.6 is 15.9 Å². The largest absolute Gasteiger partial charge is 0.370 e. The lowest BCUT2D eigenvalue weighted by atomic mass is 10.2. The molecule has 0 fully saturated rings. The number of benzene rings is 1. The lowest BCUT2D eigenvalue weighted by Crippen LogP contribution is -2.22. The zero-order valence-corrected chi connectivity index (χ0v) is 9.24. The van der Waals surface area contributed by atoms with Crippen molar-refractivity contribution in [2.45, 2.75) is 0 Å². The zero-order valence-electron chi connectivity index (χ0n) is 7.65. The summed E-state index contributed by atoms with van der Waals surface area (Å²) in [7, 11) is 0. The molecule has 0 amide bonds. The second kappa shape index (κ2) is 5.44. The molecule has 74 valence electrons. The first-order valence-electron chi connectivity index (χ1n) is 4.16. The van der Waals surface area contributed by atoms with Gasteiger partial charge in [-0.15, -0.1) is 0 Å². The molecule has 0 aliphatic heterocycles. The number of aliphatic imine (C=N–C) groups is 1. The Balaban J connectivity index is 2.56. The number of nitrogens with zero attached hydrogens (tertiary/aromatic N) is 1. The van der Waals surface area contributed by atoms with Gasteiger partial charge in [0, 0.05) is 4.47 Å². The molecular formula is C10H12BrN3. The molecule has 0 saturated carbocycles. The quantitative estimate of drug-likeness (QED) is 0.637. The summed E-state index contributed by atoms with van der Waals surface area (Å²) in [5, 5.41) is 0. The number of hydrogen-bond donors (Lipinski definition) is 2. The van der Waals surface area contributed by atoms with Crippen LogP contribution in [0.1, 0.15) is 5.56 Å². The highest BCUT2D eigenvalue weighted by Gasteiger charge is 1.87. The fraction of sp³-hybridized carbons (Fsp3) is 0.100. The van der Waals surface area contributed by atoms with Crippen LogP contribution in [-0.4, -0.2) is 12.5 Å². The number of halogens is 1. The van der Waals surface area contributed by atoms with E-state index in [9.17, 15) is 0 Å². The Morgan fingerprint density at radius 1 is 1.43 bits per heavy atom. The van der Waals surface area contributed by atoms with Crippen LogP contribution in [0.4, 0.5) is 0 Å². The van der Waals surface area contributed by atoms with Crippen molar-refractivity contribution in [2.24, 2.45) is 16.5 Å². The Hall–Kier alpha value is -1.29. The smallest absolute Gasteiger partial charge is 0.186 e. The summed E-state index contributed by atoms with van der Waals surface area (Å²) in [4.78, 5) is 3.84. The van der Waals surface area contributed by atoms with Crippen molar-refractivity contribution in [3.63, 3.8) is 0 Å². The van der Waals surface area contributed by atoms with Crippen LogP contribution < -0.4 is 11.5 Å². The van der Waals surface area contributed by atoms with Crippen molar-refractivity contribution in [2.75, 3.05) is 6.54 Å². The van der Waals surface area contributed by atoms with Gasteiger partial charge in [0.1, 0.15) is 0 Å². The van der Waals surface area contributed by atoms with Gasteiger partial charge in [-0.2, -0.15) is 0 Å². The lowest BCUT2D eigenvalue weighted by Gasteiger charge is -1.93. The van der Waals surface area contributed by atoms with E-state index in [1.807, 2.05) is 36.4 Å². The Kier molecular flexibility index (Phi) is 4.19. The standard InChI is InChI=1S/C10H12BrN3/c11-9-5-1-3-8(7-9)4-2-6-14-10(12)13/h1-5,7H,6H2,(H4,12,13,14). The molecule has 0 spiro atoms. The van der Waals surface area contributed by atoms with Gasteiger partial charge in [0.05, 0.1) is 6.54 Å². The number of rotatable bonds is 3. The van der Waals surface area contributed by atoms with Crippen LogP contribution in [0.5, 0.6) is 0 Å². The maximum atomic E-state index is 5.18. The minimum atomic E-state index is 0.115. The van der Waals surface area contributed by atoms with Crippen LogP contribution in [0.2, 0.25) is 0 Å². The first-order chi connectivity index (χ1) is 6.68. The van der Waals surface area contributed by atoms with Crippen molar-refractivity contribution in [1.82, 2.24) is 0 Å². The van der Waals surface area contributed by atoms with Crippen LogP contribution in [-0.2, 0) is 0 Å². The summed E-state index contributed by atoms with van der Waals surface area (Å²) >= 11 is 3.39. The zero-order chi connectivity index (χ0) is 10.4.